The fraction of sp³-hybridized carbons (Fsp3) is 0.273. The van der Waals surface area contributed by atoms with Gasteiger partial charge in [0.1, 0.15) is 5.75 Å². The predicted molar refractivity (Wildman–Crippen MR) is 114 cm³/mol. The van der Waals surface area contributed by atoms with Crippen LogP contribution in [0.3, 0.4) is 0 Å². The molecule has 4 rings (SSSR count). The Labute approximate surface area is 172 Å². The molecule has 0 unspecified atom stereocenters. The number of benzene rings is 2. The number of anilines is 1. The molecule has 1 aliphatic carbocycles. The fourth-order valence-corrected chi connectivity index (χ4v) is 4.07. The van der Waals surface area contributed by atoms with Gasteiger partial charge >= 0.3 is 0 Å². The van der Waals surface area contributed by atoms with Gasteiger partial charge in [-0.15, -0.1) is 0 Å². The fourth-order valence-electron chi connectivity index (χ4n) is 3.69. The zero-order valence-corrected chi connectivity index (χ0v) is 17.5. The quantitative estimate of drug-likeness (QED) is 0.616. The SMILES string of the molecule is COc1cc(C)ccc1NC(=O)c1nn(-c2cccc(Br)c2)c2c1CCCC2. The first-order valence-electron chi connectivity index (χ1n) is 9.39. The van der Waals surface area contributed by atoms with Gasteiger partial charge in [0.15, 0.2) is 5.69 Å². The minimum Gasteiger partial charge on any atom is -0.495 e. The van der Waals surface area contributed by atoms with Crippen molar-refractivity contribution in [3.8, 4) is 11.4 Å². The van der Waals surface area contributed by atoms with Gasteiger partial charge in [0, 0.05) is 15.7 Å². The highest BCUT2D eigenvalue weighted by Crippen LogP contribution is 2.30. The van der Waals surface area contributed by atoms with Crippen LogP contribution in [0, 0.1) is 6.92 Å². The second kappa shape index (κ2) is 7.80. The third-order valence-corrected chi connectivity index (χ3v) is 5.55. The minimum absolute atomic E-state index is 0.200. The number of hydrogen-bond donors (Lipinski definition) is 1. The molecule has 1 N–H and O–H groups in total. The first-order valence-corrected chi connectivity index (χ1v) is 10.2. The molecule has 0 aliphatic heterocycles. The zero-order valence-electron chi connectivity index (χ0n) is 16.0. The highest BCUT2D eigenvalue weighted by atomic mass is 79.9. The van der Waals surface area contributed by atoms with E-state index in [2.05, 4.69) is 21.2 Å². The van der Waals surface area contributed by atoms with Crippen LogP contribution in [0.4, 0.5) is 5.69 Å². The van der Waals surface area contributed by atoms with Gasteiger partial charge in [-0.25, -0.2) is 4.68 Å². The summed E-state index contributed by atoms with van der Waals surface area (Å²) in [6, 6.07) is 13.7. The van der Waals surface area contributed by atoms with Crippen LogP contribution in [0.1, 0.15) is 40.2 Å². The number of carbonyl (C=O) groups is 1. The Morgan fingerprint density at radius 3 is 2.79 bits per heavy atom. The van der Waals surface area contributed by atoms with Crippen LogP contribution in [0.2, 0.25) is 0 Å². The number of fused-ring (bicyclic) bond motifs is 1. The molecule has 1 amide bonds. The Hall–Kier alpha value is -2.60. The third kappa shape index (κ3) is 3.56. The molecule has 1 heterocycles. The molecule has 5 nitrogen and oxygen atoms in total. The van der Waals surface area contributed by atoms with Crippen molar-refractivity contribution < 1.29 is 9.53 Å². The highest BCUT2D eigenvalue weighted by Gasteiger charge is 2.26. The lowest BCUT2D eigenvalue weighted by Gasteiger charge is -2.14. The number of aromatic nitrogens is 2. The lowest BCUT2D eigenvalue weighted by atomic mass is 9.95. The predicted octanol–water partition coefficient (Wildman–Crippen LogP) is 5.08. The summed E-state index contributed by atoms with van der Waals surface area (Å²) in [6.07, 6.45) is 3.98. The second-order valence-electron chi connectivity index (χ2n) is 7.03. The first kappa shape index (κ1) is 18.7. The molecule has 0 bridgehead atoms. The van der Waals surface area contributed by atoms with E-state index in [-0.39, 0.29) is 5.91 Å². The smallest absolute Gasteiger partial charge is 0.276 e. The van der Waals surface area contributed by atoms with E-state index in [1.807, 2.05) is 54.1 Å². The Bertz CT molecular complexity index is 1040. The lowest BCUT2D eigenvalue weighted by Crippen LogP contribution is -2.16. The van der Waals surface area contributed by atoms with Gasteiger partial charge in [-0.2, -0.15) is 5.10 Å². The van der Waals surface area contributed by atoms with Crippen LogP contribution in [0.25, 0.3) is 5.69 Å². The van der Waals surface area contributed by atoms with Gasteiger partial charge in [0.05, 0.1) is 18.5 Å². The molecule has 0 radical (unpaired) electrons. The maximum atomic E-state index is 13.1. The monoisotopic (exact) mass is 439 g/mol. The van der Waals surface area contributed by atoms with Crippen molar-refractivity contribution in [2.75, 3.05) is 12.4 Å². The van der Waals surface area contributed by atoms with Crippen LogP contribution in [-0.4, -0.2) is 22.8 Å². The third-order valence-electron chi connectivity index (χ3n) is 5.05. The van der Waals surface area contributed by atoms with Gasteiger partial charge in [-0.05, 0) is 68.5 Å². The van der Waals surface area contributed by atoms with E-state index in [4.69, 9.17) is 9.84 Å². The first-order chi connectivity index (χ1) is 13.6. The maximum Gasteiger partial charge on any atom is 0.276 e. The normalized spacial score (nSPS) is 13.1. The zero-order chi connectivity index (χ0) is 19.7. The topological polar surface area (TPSA) is 56.1 Å². The molecule has 1 aromatic heterocycles. The van der Waals surface area contributed by atoms with Crippen molar-refractivity contribution in [2.45, 2.75) is 32.6 Å². The average molecular weight is 440 g/mol. The van der Waals surface area contributed by atoms with Crippen molar-refractivity contribution in [1.29, 1.82) is 0 Å². The maximum absolute atomic E-state index is 13.1. The van der Waals surface area contributed by atoms with E-state index >= 15 is 0 Å². The average Bonchev–Trinajstić information content (AvgIpc) is 3.09. The number of aryl methyl sites for hydroxylation is 1. The van der Waals surface area contributed by atoms with E-state index < -0.39 is 0 Å². The lowest BCUT2D eigenvalue weighted by molar-refractivity contribution is 0.102. The Kier molecular flexibility index (Phi) is 5.22. The number of nitrogens with zero attached hydrogens (tertiary/aromatic N) is 2. The Morgan fingerprint density at radius 2 is 2.00 bits per heavy atom. The number of methoxy groups -OCH3 is 1. The van der Waals surface area contributed by atoms with Crippen molar-refractivity contribution in [1.82, 2.24) is 9.78 Å². The minimum atomic E-state index is -0.200. The molecule has 6 heteroatoms. The molecule has 2 aromatic carbocycles. The number of carbonyl (C=O) groups excluding carboxylic acids is 1. The van der Waals surface area contributed by atoms with Crippen LogP contribution in [0.15, 0.2) is 46.9 Å². The molecule has 0 spiro atoms. The van der Waals surface area contributed by atoms with Crippen molar-refractivity contribution in [2.24, 2.45) is 0 Å². The second-order valence-corrected chi connectivity index (χ2v) is 7.95. The standard InChI is InChI=1S/C22H22BrN3O2/c1-14-10-11-18(20(12-14)28-2)24-22(27)21-17-8-3-4-9-19(17)26(25-21)16-7-5-6-15(23)13-16/h5-7,10-13H,3-4,8-9H2,1-2H3,(H,24,27). The van der Waals surface area contributed by atoms with Crippen LogP contribution in [-0.2, 0) is 12.8 Å². The summed E-state index contributed by atoms with van der Waals surface area (Å²) in [5.74, 6) is 0.447. The molecule has 1 aliphatic rings. The molecular weight excluding hydrogens is 418 g/mol. The highest BCUT2D eigenvalue weighted by molar-refractivity contribution is 9.10. The van der Waals surface area contributed by atoms with Crippen molar-refractivity contribution in [3.63, 3.8) is 0 Å². The summed E-state index contributed by atoms with van der Waals surface area (Å²) in [5, 5.41) is 7.70. The van der Waals surface area contributed by atoms with Crippen molar-refractivity contribution in [3.05, 3.63) is 69.5 Å². The van der Waals surface area contributed by atoms with Crippen LogP contribution in [0.5, 0.6) is 5.75 Å². The number of hydrogen-bond acceptors (Lipinski definition) is 3. The summed E-state index contributed by atoms with van der Waals surface area (Å²) in [5.41, 5.74) is 5.36. The van der Waals surface area contributed by atoms with E-state index in [0.29, 0.717) is 17.1 Å². The number of halogens is 1. The molecule has 28 heavy (non-hydrogen) atoms. The van der Waals surface area contributed by atoms with Gasteiger partial charge in [0.2, 0.25) is 0 Å². The van der Waals surface area contributed by atoms with E-state index in [9.17, 15) is 4.79 Å². The number of nitrogens with one attached hydrogen (secondary N) is 1. The molecule has 0 saturated heterocycles. The van der Waals surface area contributed by atoms with Gasteiger partial charge in [0.25, 0.3) is 5.91 Å². The molecule has 144 valence electrons. The summed E-state index contributed by atoms with van der Waals surface area (Å²) < 4.78 is 8.32. The summed E-state index contributed by atoms with van der Waals surface area (Å²) in [6.45, 7) is 1.99. The number of ether oxygens (including phenoxy) is 1. The van der Waals surface area contributed by atoms with Gasteiger partial charge in [-0.1, -0.05) is 28.1 Å². The largest absolute Gasteiger partial charge is 0.495 e. The Morgan fingerprint density at radius 1 is 1.18 bits per heavy atom. The molecule has 0 saturated carbocycles. The number of rotatable bonds is 4. The van der Waals surface area contributed by atoms with E-state index in [0.717, 1.165) is 52.7 Å². The molecule has 0 atom stereocenters. The molecular formula is C22H22BrN3O2. The summed E-state index contributed by atoms with van der Waals surface area (Å²) in [4.78, 5) is 13.1. The molecule has 3 aromatic rings. The number of amides is 1. The van der Waals surface area contributed by atoms with E-state index in [1.54, 1.807) is 7.11 Å². The summed E-state index contributed by atoms with van der Waals surface area (Å²) in [7, 11) is 1.61. The summed E-state index contributed by atoms with van der Waals surface area (Å²) >= 11 is 3.52. The Balaban J connectivity index is 1.73. The van der Waals surface area contributed by atoms with Crippen LogP contribution < -0.4 is 10.1 Å². The van der Waals surface area contributed by atoms with Gasteiger partial charge in [-0.3, -0.25) is 4.79 Å². The van der Waals surface area contributed by atoms with Gasteiger partial charge < -0.3 is 10.1 Å². The van der Waals surface area contributed by atoms with E-state index in [1.165, 1.54) is 0 Å². The van der Waals surface area contributed by atoms with Crippen molar-refractivity contribution >= 4 is 27.5 Å². The molecule has 0 fully saturated rings. The van der Waals surface area contributed by atoms with Crippen LogP contribution >= 0.6 is 15.9 Å².